The van der Waals surface area contributed by atoms with Gasteiger partial charge >= 0.3 is 12.2 Å². The summed E-state index contributed by atoms with van der Waals surface area (Å²) in [5.74, 6) is 1.13. The SMILES string of the molecule is CC1COCCN1c1nc(-c2ccc(NC(=O)NC3CC3)cc2)nc2c1CN(CC(F)(F)F)C2. The maximum Gasteiger partial charge on any atom is 0.401 e. The number of nitrogens with one attached hydrogen (secondary N) is 2. The summed E-state index contributed by atoms with van der Waals surface area (Å²) < 4.78 is 44.7. The molecule has 1 unspecified atom stereocenters. The molecule has 1 saturated carbocycles. The van der Waals surface area contributed by atoms with Gasteiger partial charge in [-0.1, -0.05) is 0 Å². The molecule has 2 fully saturated rings. The molecule has 182 valence electrons. The number of amides is 2. The van der Waals surface area contributed by atoms with Crippen molar-refractivity contribution in [1.82, 2.24) is 20.2 Å². The van der Waals surface area contributed by atoms with E-state index in [1.54, 1.807) is 12.1 Å². The van der Waals surface area contributed by atoms with Crippen LogP contribution in [0.2, 0.25) is 0 Å². The van der Waals surface area contributed by atoms with Crippen molar-refractivity contribution in [3.63, 3.8) is 0 Å². The summed E-state index contributed by atoms with van der Waals surface area (Å²) in [6, 6.07) is 7.23. The second-order valence-corrected chi connectivity index (χ2v) is 9.12. The molecule has 3 aliphatic rings. The van der Waals surface area contributed by atoms with Crippen LogP contribution in [-0.2, 0) is 17.8 Å². The quantitative estimate of drug-likeness (QED) is 0.687. The van der Waals surface area contributed by atoms with Crippen LogP contribution < -0.4 is 15.5 Å². The Morgan fingerprint density at radius 2 is 1.94 bits per heavy atom. The van der Waals surface area contributed by atoms with Gasteiger partial charge in [-0.25, -0.2) is 14.8 Å². The molecular formula is C23H27F3N6O2. The van der Waals surface area contributed by atoms with Crippen molar-refractivity contribution in [3.8, 4) is 11.4 Å². The van der Waals surface area contributed by atoms with Crippen molar-refractivity contribution in [2.75, 3.05) is 36.5 Å². The van der Waals surface area contributed by atoms with Crippen LogP contribution in [0.3, 0.4) is 0 Å². The van der Waals surface area contributed by atoms with Crippen LogP contribution in [0, 0.1) is 0 Å². The number of nitrogens with zero attached hydrogens (tertiary/aromatic N) is 4. The van der Waals surface area contributed by atoms with Gasteiger partial charge in [0.2, 0.25) is 0 Å². The molecular weight excluding hydrogens is 449 g/mol. The zero-order chi connectivity index (χ0) is 23.9. The van der Waals surface area contributed by atoms with Gasteiger partial charge in [-0.3, -0.25) is 4.90 Å². The van der Waals surface area contributed by atoms with Gasteiger partial charge in [-0.2, -0.15) is 13.2 Å². The molecule has 11 heteroatoms. The van der Waals surface area contributed by atoms with Crippen LogP contribution in [0.25, 0.3) is 11.4 Å². The number of carbonyl (C=O) groups is 1. The lowest BCUT2D eigenvalue weighted by Crippen LogP contribution is -2.44. The molecule has 5 rings (SSSR count). The van der Waals surface area contributed by atoms with Gasteiger partial charge in [0, 0.05) is 42.5 Å². The minimum Gasteiger partial charge on any atom is -0.377 e. The third kappa shape index (κ3) is 5.25. The van der Waals surface area contributed by atoms with E-state index in [2.05, 4.69) is 20.5 Å². The van der Waals surface area contributed by atoms with E-state index in [1.807, 2.05) is 19.1 Å². The first-order chi connectivity index (χ1) is 16.2. The zero-order valence-electron chi connectivity index (χ0n) is 18.9. The summed E-state index contributed by atoms with van der Waals surface area (Å²) in [4.78, 5) is 24.9. The van der Waals surface area contributed by atoms with Crippen LogP contribution in [0.5, 0.6) is 0 Å². The van der Waals surface area contributed by atoms with Crippen molar-refractivity contribution >= 4 is 17.5 Å². The largest absolute Gasteiger partial charge is 0.401 e. The van der Waals surface area contributed by atoms with Gasteiger partial charge < -0.3 is 20.3 Å². The summed E-state index contributed by atoms with van der Waals surface area (Å²) in [6.07, 6.45) is -2.27. The molecule has 2 aromatic rings. The lowest BCUT2D eigenvalue weighted by molar-refractivity contribution is -0.147. The normalized spacial score (nSPS) is 20.8. The molecule has 1 aromatic carbocycles. The summed E-state index contributed by atoms with van der Waals surface area (Å²) in [5.41, 5.74) is 2.74. The van der Waals surface area contributed by atoms with Gasteiger partial charge in [-0.05, 0) is 44.0 Å². The smallest absolute Gasteiger partial charge is 0.377 e. The van der Waals surface area contributed by atoms with Crippen LogP contribution in [0.15, 0.2) is 24.3 Å². The fourth-order valence-corrected chi connectivity index (χ4v) is 4.36. The Hall–Kier alpha value is -2.92. The van der Waals surface area contributed by atoms with E-state index in [0.29, 0.717) is 42.8 Å². The number of aromatic nitrogens is 2. The Balaban J connectivity index is 1.42. The summed E-state index contributed by atoms with van der Waals surface area (Å²) >= 11 is 0. The van der Waals surface area contributed by atoms with Crippen molar-refractivity contribution in [3.05, 3.63) is 35.5 Å². The molecule has 0 radical (unpaired) electrons. The number of urea groups is 1. The molecule has 1 aromatic heterocycles. The molecule has 2 N–H and O–H groups in total. The van der Waals surface area contributed by atoms with Crippen LogP contribution in [0.1, 0.15) is 31.0 Å². The van der Waals surface area contributed by atoms with Crippen molar-refractivity contribution in [2.24, 2.45) is 0 Å². The number of rotatable bonds is 5. The second-order valence-electron chi connectivity index (χ2n) is 9.12. The summed E-state index contributed by atoms with van der Waals surface area (Å²) in [7, 11) is 0. The lowest BCUT2D eigenvalue weighted by atomic mass is 10.1. The average Bonchev–Trinajstić information content (AvgIpc) is 3.49. The predicted octanol–water partition coefficient (Wildman–Crippen LogP) is 3.53. The summed E-state index contributed by atoms with van der Waals surface area (Å²) in [6.45, 7) is 2.99. The predicted molar refractivity (Wildman–Crippen MR) is 120 cm³/mol. The minimum atomic E-state index is -4.28. The van der Waals surface area contributed by atoms with Crippen LogP contribution >= 0.6 is 0 Å². The third-order valence-corrected chi connectivity index (χ3v) is 6.18. The maximum absolute atomic E-state index is 13.1. The Labute approximate surface area is 195 Å². The molecule has 0 bridgehead atoms. The highest BCUT2D eigenvalue weighted by molar-refractivity contribution is 5.89. The second kappa shape index (κ2) is 9.03. The highest BCUT2D eigenvalue weighted by atomic mass is 19.4. The Kier molecular flexibility index (Phi) is 6.07. The van der Waals surface area contributed by atoms with Crippen molar-refractivity contribution in [2.45, 2.75) is 51.1 Å². The van der Waals surface area contributed by atoms with E-state index in [1.165, 1.54) is 4.90 Å². The van der Waals surface area contributed by atoms with Gasteiger partial charge in [0.05, 0.1) is 31.5 Å². The molecule has 1 atom stereocenters. The number of morpholine rings is 1. The van der Waals surface area contributed by atoms with Crippen molar-refractivity contribution < 1.29 is 22.7 Å². The number of benzene rings is 1. The number of fused-ring (bicyclic) bond motifs is 1. The average molecular weight is 477 g/mol. The summed E-state index contributed by atoms with van der Waals surface area (Å²) in [5, 5.41) is 5.67. The van der Waals surface area contributed by atoms with Crippen LogP contribution in [-0.4, -0.2) is 65.5 Å². The number of halogens is 3. The van der Waals surface area contributed by atoms with Gasteiger partial charge in [0.15, 0.2) is 5.82 Å². The van der Waals surface area contributed by atoms with E-state index in [-0.39, 0.29) is 31.2 Å². The molecule has 8 nitrogen and oxygen atoms in total. The molecule has 3 heterocycles. The van der Waals surface area contributed by atoms with E-state index in [9.17, 15) is 18.0 Å². The Bertz CT molecular complexity index is 1060. The van der Waals surface area contributed by atoms with Crippen LogP contribution in [0.4, 0.5) is 29.5 Å². The molecule has 1 saturated heterocycles. The van der Waals surface area contributed by atoms with Gasteiger partial charge in [-0.15, -0.1) is 0 Å². The lowest BCUT2D eigenvalue weighted by Gasteiger charge is -2.35. The molecule has 2 amide bonds. The van der Waals surface area contributed by atoms with E-state index in [4.69, 9.17) is 9.72 Å². The number of alkyl halides is 3. The number of hydrogen-bond acceptors (Lipinski definition) is 6. The van der Waals surface area contributed by atoms with Gasteiger partial charge in [0.25, 0.3) is 0 Å². The standard InChI is InChI=1S/C23H27F3N6O2/c1-14-12-34-9-8-32(14)21-18-10-31(13-23(24,25)26)11-19(18)29-20(30-21)15-2-4-16(5-3-15)27-22(33)28-17-6-7-17/h2-5,14,17H,6-13H2,1H3,(H2,27,28,33). The molecule has 34 heavy (non-hydrogen) atoms. The Morgan fingerprint density at radius 3 is 2.62 bits per heavy atom. The number of anilines is 2. The first-order valence-electron chi connectivity index (χ1n) is 11.5. The highest BCUT2D eigenvalue weighted by Gasteiger charge is 2.36. The number of carbonyl (C=O) groups excluding carboxylic acids is 1. The first-order valence-corrected chi connectivity index (χ1v) is 11.5. The van der Waals surface area contributed by atoms with E-state index in [0.717, 1.165) is 24.0 Å². The fourth-order valence-electron chi connectivity index (χ4n) is 4.36. The fraction of sp³-hybridized carbons (Fsp3) is 0.522. The number of ether oxygens (including phenoxy) is 1. The number of hydrogen-bond donors (Lipinski definition) is 2. The van der Waals surface area contributed by atoms with Crippen molar-refractivity contribution in [1.29, 1.82) is 0 Å². The molecule has 0 spiro atoms. The first kappa shape index (κ1) is 22.9. The Morgan fingerprint density at radius 1 is 1.18 bits per heavy atom. The minimum absolute atomic E-state index is 0.0498. The van der Waals surface area contributed by atoms with Gasteiger partial charge in [0.1, 0.15) is 5.82 Å². The molecule has 2 aliphatic heterocycles. The monoisotopic (exact) mass is 476 g/mol. The highest BCUT2D eigenvalue weighted by Crippen LogP contribution is 2.35. The zero-order valence-corrected chi connectivity index (χ0v) is 18.9. The third-order valence-electron chi connectivity index (χ3n) is 6.18. The topological polar surface area (TPSA) is 82.6 Å². The van der Waals surface area contributed by atoms with E-state index >= 15 is 0 Å². The molecule has 1 aliphatic carbocycles. The van der Waals surface area contributed by atoms with E-state index < -0.39 is 12.7 Å². The maximum atomic E-state index is 13.1.